The third-order valence-electron chi connectivity index (χ3n) is 2.40. The van der Waals surface area contributed by atoms with Gasteiger partial charge in [-0.2, -0.15) is 5.26 Å². The first kappa shape index (κ1) is 12.1. The van der Waals surface area contributed by atoms with Crippen LogP contribution in [0.2, 0.25) is 0 Å². The van der Waals surface area contributed by atoms with Crippen LogP contribution >= 0.6 is 11.3 Å². The Kier molecular flexibility index (Phi) is 3.31. The highest BCUT2D eigenvalue weighted by Crippen LogP contribution is 2.40. The Morgan fingerprint density at radius 3 is 2.61 bits per heavy atom. The molecule has 0 saturated carbocycles. The van der Waals surface area contributed by atoms with E-state index in [2.05, 4.69) is 4.74 Å². The van der Waals surface area contributed by atoms with Crippen molar-refractivity contribution in [2.75, 3.05) is 7.11 Å². The Morgan fingerprint density at radius 1 is 1.39 bits per heavy atom. The summed E-state index contributed by atoms with van der Waals surface area (Å²) in [4.78, 5) is 12.1. The van der Waals surface area contributed by atoms with Gasteiger partial charge in [-0.05, 0) is 5.56 Å². The van der Waals surface area contributed by atoms with Crippen LogP contribution in [0.15, 0.2) is 30.3 Å². The van der Waals surface area contributed by atoms with Crippen molar-refractivity contribution in [2.45, 2.75) is 0 Å². The molecule has 90 valence electrons. The number of nitriles is 1. The topological polar surface area (TPSA) is 70.3 Å². The summed E-state index contributed by atoms with van der Waals surface area (Å²) in [5, 5.41) is 18.9. The molecule has 0 saturated heterocycles. The Hall–Kier alpha value is -2.32. The minimum atomic E-state index is -0.642. The van der Waals surface area contributed by atoms with Gasteiger partial charge in [0.05, 0.1) is 12.0 Å². The molecule has 2 aromatic rings. The summed E-state index contributed by atoms with van der Waals surface area (Å²) in [5.74, 6) is -0.954. The Morgan fingerprint density at radius 2 is 2.06 bits per heavy atom. The Labute approximate surface area is 108 Å². The first-order valence-corrected chi connectivity index (χ1v) is 5.90. The maximum absolute atomic E-state index is 11.5. The van der Waals surface area contributed by atoms with Gasteiger partial charge in [-0.3, -0.25) is 0 Å². The fraction of sp³-hybridized carbons (Fsp3) is 0.0769. The van der Waals surface area contributed by atoms with Gasteiger partial charge in [0.1, 0.15) is 11.6 Å². The number of methoxy groups -OCH3 is 1. The SMILES string of the molecule is COC(=O)c1sc(-c2ccccc2)c(C#N)c1O. The Balaban J connectivity index is 2.63. The molecule has 0 aliphatic carbocycles. The van der Waals surface area contributed by atoms with Crippen molar-refractivity contribution in [3.05, 3.63) is 40.8 Å². The van der Waals surface area contributed by atoms with Gasteiger partial charge >= 0.3 is 5.97 Å². The van der Waals surface area contributed by atoms with Crippen molar-refractivity contribution in [3.63, 3.8) is 0 Å². The maximum atomic E-state index is 11.5. The van der Waals surface area contributed by atoms with Crippen LogP contribution < -0.4 is 0 Å². The summed E-state index contributed by atoms with van der Waals surface area (Å²) < 4.78 is 4.57. The molecule has 4 nitrogen and oxygen atoms in total. The highest BCUT2D eigenvalue weighted by Gasteiger charge is 2.23. The van der Waals surface area contributed by atoms with Gasteiger partial charge in [-0.25, -0.2) is 4.79 Å². The number of hydrogen-bond acceptors (Lipinski definition) is 5. The number of esters is 1. The van der Waals surface area contributed by atoms with E-state index in [1.807, 2.05) is 36.4 Å². The second kappa shape index (κ2) is 4.90. The van der Waals surface area contributed by atoms with E-state index in [1.54, 1.807) is 0 Å². The van der Waals surface area contributed by atoms with E-state index >= 15 is 0 Å². The number of carbonyl (C=O) groups excluding carboxylic acids is 1. The number of thiophene rings is 1. The molecule has 0 fully saturated rings. The minimum absolute atomic E-state index is 0.0490. The standard InChI is InChI=1S/C13H9NO3S/c1-17-13(16)12-10(15)9(7-14)11(18-12)8-5-3-2-4-6-8/h2-6,15H,1H3. The highest BCUT2D eigenvalue weighted by atomic mass is 32.1. The van der Waals surface area contributed by atoms with E-state index in [0.717, 1.165) is 16.9 Å². The number of hydrogen-bond donors (Lipinski definition) is 1. The van der Waals surface area contributed by atoms with Crippen molar-refractivity contribution >= 4 is 17.3 Å². The van der Waals surface area contributed by atoms with Gasteiger partial charge in [-0.1, -0.05) is 30.3 Å². The largest absolute Gasteiger partial charge is 0.505 e. The van der Waals surface area contributed by atoms with E-state index in [9.17, 15) is 9.90 Å². The summed E-state index contributed by atoms with van der Waals surface area (Å²) >= 11 is 1.05. The molecule has 0 radical (unpaired) electrons. The zero-order valence-electron chi connectivity index (χ0n) is 9.51. The molecule has 2 rings (SSSR count). The van der Waals surface area contributed by atoms with Crippen LogP contribution in [-0.2, 0) is 4.74 Å². The molecule has 0 aliphatic heterocycles. The van der Waals surface area contributed by atoms with Gasteiger partial charge in [0.25, 0.3) is 0 Å². The van der Waals surface area contributed by atoms with Crippen molar-refractivity contribution in [1.82, 2.24) is 0 Å². The molecule has 1 N–H and O–H groups in total. The lowest BCUT2D eigenvalue weighted by atomic mass is 10.1. The van der Waals surface area contributed by atoms with Crippen molar-refractivity contribution in [2.24, 2.45) is 0 Å². The van der Waals surface area contributed by atoms with Gasteiger partial charge in [0, 0.05) is 0 Å². The smallest absolute Gasteiger partial charge is 0.351 e. The highest BCUT2D eigenvalue weighted by molar-refractivity contribution is 7.18. The molecule has 5 heteroatoms. The Bertz CT molecular complexity index is 626. The summed E-state index contributed by atoms with van der Waals surface area (Å²) in [6.45, 7) is 0. The molecule has 18 heavy (non-hydrogen) atoms. The second-order valence-electron chi connectivity index (χ2n) is 3.45. The third-order valence-corrected chi connectivity index (χ3v) is 3.61. The first-order chi connectivity index (χ1) is 8.69. The lowest BCUT2D eigenvalue weighted by Crippen LogP contribution is -1.97. The van der Waals surface area contributed by atoms with E-state index in [-0.39, 0.29) is 16.2 Å². The zero-order chi connectivity index (χ0) is 13.1. The predicted octanol–water partition coefficient (Wildman–Crippen LogP) is 2.78. The van der Waals surface area contributed by atoms with Crippen LogP contribution in [0.5, 0.6) is 5.75 Å². The number of aromatic hydroxyl groups is 1. The molecule has 1 aromatic carbocycles. The van der Waals surface area contributed by atoms with E-state index in [1.165, 1.54) is 7.11 Å². The summed E-state index contributed by atoms with van der Waals surface area (Å²) in [7, 11) is 1.23. The fourth-order valence-electron chi connectivity index (χ4n) is 1.55. The molecule has 0 spiro atoms. The molecule has 0 bridgehead atoms. The number of nitrogens with zero attached hydrogens (tertiary/aromatic N) is 1. The minimum Gasteiger partial charge on any atom is -0.505 e. The predicted molar refractivity (Wildman–Crippen MR) is 67.5 cm³/mol. The van der Waals surface area contributed by atoms with Crippen LogP contribution in [0.4, 0.5) is 0 Å². The number of benzene rings is 1. The van der Waals surface area contributed by atoms with Gasteiger partial charge < -0.3 is 9.84 Å². The molecule has 0 atom stereocenters. The van der Waals surface area contributed by atoms with Crippen LogP contribution in [0.1, 0.15) is 15.2 Å². The second-order valence-corrected chi connectivity index (χ2v) is 4.47. The van der Waals surface area contributed by atoms with Crippen molar-refractivity contribution in [3.8, 4) is 22.3 Å². The van der Waals surface area contributed by atoms with Crippen molar-refractivity contribution in [1.29, 1.82) is 5.26 Å². The first-order valence-electron chi connectivity index (χ1n) is 5.08. The van der Waals surface area contributed by atoms with Crippen LogP contribution in [0, 0.1) is 11.3 Å². The number of carbonyl (C=O) groups is 1. The van der Waals surface area contributed by atoms with E-state index in [4.69, 9.17) is 5.26 Å². The normalized spacial score (nSPS) is 9.78. The number of rotatable bonds is 2. The van der Waals surface area contributed by atoms with E-state index in [0.29, 0.717) is 4.88 Å². The summed E-state index contributed by atoms with van der Waals surface area (Å²) in [6.07, 6.45) is 0. The van der Waals surface area contributed by atoms with Crippen LogP contribution in [0.25, 0.3) is 10.4 Å². The van der Waals surface area contributed by atoms with E-state index < -0.39 is 5.97 Å². The molecule has 0 amide bonds. The van der Waals surface area contributed by atoms with Gasteiger partial charge in [0.2, 0.25) is 0 Å². The van der Waals surface area contributed by atoms with Gasteiger partial charge in [-0.15, -0.1) is 11.3 Å². The summed E-state index contributed by atoms with van der Waals surface area (Å²) in [6, 6.07) is 11.0. The zero-order valence-corrected chi connectivity index (χ0v) is 10.3. The summed E-state index contributed by atoms with van der Waals surface area (Å²) in [5.41, 5.74) is 0.885. The van der Waals surface area contributed by atoms with Crippen LogP contribution in [-0.4, -0.2) is 18.2 Å². The average molecular weight is 259 g/mol. The van der Waals surface area contributed by atoms with Crippen molar-refractivity contribution < 1.29 is 14.6 Å². The van der Waals surface area contributed by atoms with Crippen LogP contribution in [0.3, 0.4) is 0 Å². The number of ether oxygens (including phenoxy) is 1. The van der Waals surface area contributed by atoms with Gasteiger partial charge in [0.15, 0.2) is 10.6 Å². The third kappa shape index (κ3) is 1.94. The molecular weight excluding hydrogens is 250 g/mol. The molecule has 1 heterocycles. The molecule has 0 aliphatic rings. The molecule has 0 unspecified atom stereocenters. The molecular formula is C13H9NO3S. The monoisotopic (exact) mass is 259 g/mol. The molecule has 1 aromatic heterocycles. The lowest BCUT2D eigenvalue weighted by molar-refractivity contribution is 0.0603. The fourth-order valence-corrected chi connectivity index (χ4v) is 2.62. The lowest BCUT2D eigenvalue weighted by Gasteiger charge is -1.96. The quantitative estimate of drug-likeness (QED) is 0.842. The average Bonchev–Trinajstić information content (AvgIpc) is 2.76. The maximum Gasteiger partial charge on any atom is 0.351 e.